The summed E-state index contributed by atoms with van der Waals surface area (Å²) in [5.41, 5.74) is 8.10. The first kappa shape index (κ1) is 19.7. The molecule has 0 heterocycles. The fourth-order valence-electron chi connectivity index (χ4n) is 4.25. The van der Waals surface area contributed by atoms with Crippen LogP contribution in [0.3, 0.4) is 0 Å². The smallest absolute Gasteiger partial charge is 0.223 e. The van der Waals surface area contributed by atoms with Gasteiger partial charge in [-0.05, 0) is 55.2 Å². The standard InChI is InChI=1S/C19H27N3O2.ClH/c1-12(23)22-17-7-5-13(6-8-17)11-21-19(24)16-9-14-3-2-4-15(10-16)18(14)20;/h5-8,14-16,18H,2-4,9-11,20H2,1H3,(H,21,24)(H,22,23);1H. The fraction of sp³-hybridized carbons (Fsp3) is 0.579. The zero-order valence-corrected chi connectivity index (χ0v) is 15.5. The van der Waals surface area contributed by atoms with E-state index < -0.39 is 0 Å². The molecule has 2 bridgehead atoms. The quantitative estimate of drug-likeness (QED) is 0.767. The number of nitrogens with one attached hydrogen (secondary N) is 2. The van der Waals surface area contributed by atoms with E-state index in [1.54, 1.807) is 0 Å². The van der Waals surface area contributed by atoms with Crippen LogP contribution in [-0.2, 0) is 16.1 Å². The lowest BCUT2D eigenvalue weighted by Gasteiger charge is -2.43. The summed E-state index contributed by atoms with van der Waals surface area (Å²) >= 11 is 0. The number of anilines is 1. The minimum absolute atomic E-state index is 0. The number of nitrogens with two attached hydrogens (primary N) is 1. The monoisotopic (exact) mass is 365 g/mol. The van der Waals surface area contributed by atoms with Crippen LogP contribution in [-0.4, -0.2) is 17.9 Å². The molecule has 5 nitrogen and oxygen atoms in total. The van der Waals surface area contributed by atoms with Gasteiger partial charge in [0.25, 0.3) is 0 Å². The van der Waals surface area contributed by atoms with Crippen molar-refractivity contribution in [2.24, 2.45) is 23.5 Å². The van der Waals surface area contributed by atoms with E-state index in [2.05, 4.69) is 10.6 Å². The molecular weight excluding hydrogens is 338 g/mol. The van der Waals surface area contributed by atoms with Crippen LogP contribution in [0, 0.1) is 17.8 Å². The Balaban J connectivity index is 0.00000225. The van der Waals surface area contributed by atoms with Gasteiger partial charge in [0.15, 0.2) is 0 Å². The zero-order chi connectivity index (χ0) is 17.1. The van der Waals surface area contributed by atoms with Crippen LogP contribution in [0.15, 0.2) is 24.3 Å². The summed E-state index contributed by atoms with van der Waals surface area (Å²) in [7, 11) is 0. The van der Waals surface area contributed by atoms with Crippen LogP contribution in [0.5, 0.6) is 0 Å². The van der Waals surface area contributed by atoms with Crippen molar-refractivity contribution in [3.05, 3.63) is 29.8 Å². The summed E-state index contributed by atoms with van der Waals surface area (Å²) in [5.74, 6) is 1.22. The molecular formula is C19H28ClN3O2. The maximum atomic E-state index is 12.5. The van der Waals surface area contributed by atoms with Gasteiger partial charge in [-0.25, -0.2) is 0 Å². The summed E-state index contributed by atoms with van der Waals surface area (Å²) in [6, 6.07) is 7.86. The number of carbonyl (C=O) groups is 2. The summed E-state index contributed by atoms with van der Waals surface area (Å²) < 4.78 is 0. The van der Waals surface area contributed by atoms with Gasteiger partial charge in [-0.1, -0.05) is 18.6 Å². The molecule has 25 heavy (non-hydrogen) atoms. The second-order valence-electron chi connectivity index (χ2n) is 7.29. The summed E-state index contributed by atoms with van der Waals surface area (Å²) in [5, 5.41) is 5.80. The van der Waals surface area contributed by atoms with Gasteiger partial charge in [0, 0.05) is 31.1 Å². The highest BCUT2D eigenvalue weighted by atomic mass is 35.5. The SMILES string of the molecule is CC(=O)Nc1ccc(CNC(=O)C2CC3CCCC(C2)C3N)cc1.Cl. The van der Waals surface area contributed by atoms with Crippen LogP contribution >= 0.6 is 12.4 Å². The lowest BCUT2D eigenvalue weighted by atomic mass is 9.65. The summed E-state index contributed by atoms with van der Waals surface area (Å²) in [6.45, 7) is 2.01. The molecule has 0 saturated heterocycles. The number of amides is 2. The Morgan fingerprint density at radius 3 is 2.28 bits per heavy atom. The lowest BCUT2D eigenvalue weighted by Crippen LogP contribution is -2.49. The van der Waals surface area contributed by atoms with Crippen LogP contribution < -0.4 is 16.4 Å². The molecule has 138 valence electrons. The minimum atomic E-state index is -0.0860. The maximum Gasteiger partial charge on any atom is 0.223 e. The van der Waals surface area contributed by atoms with Gasteiger partial charge in [-0.3, -0.25) is 9.59 Å². The van der Waals surface area contributed by atoms with Crippen LogP contribution in [0.1, 0.15) is 44.6 Å². The van der Waals surface area contributed by atoms with Gasteiger partial charge in [0.2, 0.25) is 11.8 Å². The molecule has 3 rings (SSSR count). The molecule has 1 aromatic rings. The third-order valence-electron chi connectivity index (χ3n) is 5.52. The normalized spacial score (nSPS) is 27.8. The zero-order valence-electron chi connectivity index (χ0n) is 14.7. The van der Waals surface area contributed by atoms with Crippen molar-refractivity contribution >= 4 is 29.9 Å². The van der Waals surface area contributed by atoms with Crippen molar-refractivity contribution in [2.45, 2.75) is 51.6 Å². The number of fused-ring (bicyclic) bond motifs is 2. The molecule has 1 aromatic carbocycles. The molecule has 2 amide bonds. The molecule has 0 spiro atoms. The van der Waals surface area contributed by atoms with Crippen LogP contribution in [0.4, 0.5) is 5.69 Å². The maximum absolute atomic E-state index is 12.5. The van der Waals surface area contributed by atoms with Gasteiger partial charge >= 0.3 is 0 Å². The molecule has 2 aliphatic rings. The highest BCUT2D eigenvalue weighted by Crippen LogP contribution is 2.41. The Morgan fingerprint density at radius 2 is 1.72 bits per heavy atom. The van der Waals surface area contributed by atoms with Crippen molar-refractivity contribution in [2.75, 3.05) is 5.32 Å². The molecule has 2 saturated carbocycles. The third kappa shape index (κ3) is 4.95. The van der Waals surface area contributed by atoms with E-state index >= 15 is 0 Å². The van der Waals surface area contributed by atoms with Gasteiger partial charge in [-0.15, -0.1) is 12.4 Å². The molecule has 2 atom stereocenters. The average Bonchev–Trinajstić information content (AvgIpc) is 2.53. The molecule has 0 radical (unpaired) electrons. The average molecular weight is 366 g/mol. The number of benzene rings is 1. The Morgan fingerprint density at radius 1 is 1.12 bits per heavy atom. The largest absolute Gasteiger partial charge is 0.352 e. The number of hydrogen-bond donors (Lipinski definition) is 3. The molecule has 0 aromatic heterocycles. The fourth-order valence-corrected chi connectivity index (χ4v) is 4.25. The lowest BCUT2D eigenvalue weighted by molar-refractivity contribution is -0.128. The minimum Gasteiger partial charge on any atom is -0.352 e. The Hall–Kier alpha value is -1.59. The van der Waals surface area contributed by atoms with Crippen molar-refractivity contribution in [3.63, 3.8) is 0 Å². The van der Waals surface area contributed by atoms with Crippen molar-refractivity contribution < 1.29 is 9.59 Å². The second kappa shape index (κ2) is 8.68. The topological polar surface area (TPSA) is 84.2 Å². The third-order valence-corrected chi connectivity index (χ3v) is 5.52. The predicted octanol–water partition coefficient (Wildman–Crippen LogP) is 2.84. The predicted molar refractivity (Wildman–Crippen MR) is 101 cm³/mol. The van der Waals surface area contributed by atoms with E-state index in [1.165, 1.54) is 26.2 Å². The Bertz CT molecular complexity index is 591. The first-order valence-electron chi connectivity index (χ1n) is 8.92. The molecule has 4 N–H and O–H groups in total. The van der Waals surface area contributed by atoms with Crippen LogP contribution in [0.25, 0.3) is 0 Å². The van der Waals surface area contributed by atoms with Crippen molar-refractivity contribution in [1.82, 2.24) is 5.32 Å². The van der Waals surface area contributed by atoms with E-state index in [4.69, 9.17) is 5.73 Å². The van der Waals surface area contributed by atoms with Crippen LogP contribution in [0.2, 0.25) is 0 Å². The van der Waals surface area contributed by atoms with E-state index in [0.29, 0.717) is 24.4 Å². The summed E-state index contributed by atoms with van der Waals surface area (Å²) in [4.78, 5) is 23.5. The van der Waals surface area contributed by atoms with Crippen molar-refractivity contribution in [1.29, 1.82) is 0 Å². The van der Waals surface area contributed by atoms with Crippen molar-refractivity contribution in [3.8, 4) is 0 Å². The Kier molecular flexibility index (Phi) is 6.85. The van der Waals surface area contributed by atoms with E-state index in [0.717, 1.165) is 24.1 Å². The number of rotatable bonds is 4. The highest BCUT2D eigenvalue weighted by molar-refractivity contribution is 5.88. The van der Waals surface area contributed by atoms with Gasteiger partial charge in [0.05, 0.1) is 0 Å². The number of carbonyl (C=O) groups excluding carboxylic acids is 2. The second-order valence-corrected chi connectivity index (χ2v) is 7.29. The van der Waals surface area contributed by atoms with E-state index in [1.807, 2.05) is 24.3 Å². The molecule has 2 aliphatic carbocycles. The van der Waals surface area contributed by atoms with Gasteiger partial charge in [0.1, 0.15) is 0 Å². The van der Waals surface area contributed by atoms with E-state index in [9.17, 15) is 9.59 Å². The first-order valence-corrected chi connectivity index (χ1v) is 8.92. The van der Waals surface area contributed by atoms with E-state index in [-0.39, 0.29) is 30.1 Å². The van der Waals surface area contributed by atoms with Gasteiger partial charge < -0.3 is 16.4 Å². The number of hydrogen-bond acceptors (Lipinski definition) is 3. The number of halogens is 1. The molecule has 2 fully saturated rings. The van der Waals surface area contributed by atoms with Gasteiger partial charge in [-0.2, -0.15) is 0 Å². The molecule has 2 unspecified atom stereocenters. The highest BCUT2D eigenvalue weighted by Gasteiger charge is 2.40. The summed E-state index contributed by atoms with van der Waals surface area (Å²) in [6.07, 6.45) is 5.48. The first-order chi connectivity index (χ1) is 11.5. The molecule has 0 aliphatic heterocycles. The molecule has 6 heteroatoms. The Labute approximate surface area is 155 Å².